The molecule has 2 aromatic rings. The summed E-state index contributed by atoms with van der Waals surface area (Å²) in [6.45, 7) is 0.330. The molecule has 0 aliphatic heterocycles. The second kappa shape index (κ2) is 6.55. The lowest BCUT2D eigenvalue weighted by molar-refractivity contribution is 0.251. The van der Waals surface area contributed by atoms with E-state index < -0.39 is 0 Å². The van der Waals surface area contributed by atoms with E-state index in [-0.39, 0.29) is 6.03 Å². The van der Waals surface area contributed by atoms with Crippen LogP contribution in [0.5, 0.6) is 0 Å². The molecule has 0 aliphatic rings. The monoisotopic (exact) mass is 286 g/mol. The summed E-state index contributed by atoms with van der Waals surface area (Å²) >= 11 is 5.88. The first-order valence-corrected chi connectivity index (χ1v) is 6.21. The maximum Gasteiger partial charge on any atom is 0.319 e. The molecule has 5 nitrogen and oxygen atoms in total. The SMILES string of the molecule is N#Cc1ccc(NC(=O)NCc2ccccn2)cc1Cl. The summed E-state index contributed by atoms with van der Waals surface area (Å²) in [7, 11) is 0. The number of hydrogen-bond acceptors (Lipinski definition) is 3. The lowest BCUT2D eigenvalue weighted by Crippen LogP contribution is -2.28. The Balaban J connectivity index is 1.92. The molecule has 0 fully saturated rings. The second-order valence-corrected chi connectivity index (χ2v) is 4.34. The van der Waals surface area contributed by atoms with Crippen molar-refractivity contribution in [2.75, 3.05) is 5.32 Å². The van der Waals surface area contributed by atoms with Gasteiger partial charge in [0.1, 0.15) is 6.07 Å². The molecular formula is C14H11ClN4O. The zero-order valence-electron chi connectivity index (χ0n) is 10.4. The Labute approximate surface area is 121 Å². The lowest BCUT2D eigenvalue weighted by atomic mass is 10.2. The van der Waals surface area contributed by atoms with Crippen molar-refractivity contribution in [3.05, 3.63) is 58.9 Å². The van der Waals surface area contributed by atoms with Gasteiger partial charge in [-0.05, 0) is 30.3 Å². The van der Waals surface area contributed by atoms with Gasteiger partial charge in [-0.1, -0.05) is 17.7 Å². The highest BCUT2D eigenvalue weighted by atomic mass is 35.5. The highest BCUT2D eigenvalue weighted by Gasteiger charge is 2.05. The van der Waals surface area contributed by atoms with Crippen molar-refractivity contribution in [3.8, 4) is 6.07 Å². The molecule has 0 atom stereocenters. The Morgan fingerprint density at radius 1 is 1.35 bits per heavy atom. The number of nitrogens with one attached hydrogen (secondary N) is 2. The summed E-state index contributed by atoms with van der Waals surface area (Å²) in [5, 5.41) is 14.4. The number of urea groups is 1. The van der Waals surface area contributed by atoms with Gasteiger partial charge in [-0.25, -0.2) is 4.79 Å². The van der Waals surface area contributed by atoms with Crippen molar-refractivity contribution < 1.29 is 4.79 Å². The number of carbonyl (C=O) groups is 1. The van der Waals surface area contributed by atoms with Crippen molar-refractivity contribution in [2.45, 2.75) is 6.54 Å². The Morgan fingerprint density at radius 2 is 2.20 bits per heavy atom. The first kappa shape index (κ1) is 13.8. The number of hydrogen-bond donors (Lipinski definition) is 2. The minimum atomic E-state index is -0.364. The molecule has 0 unspecified atom stereocenters. The van der Waals surface area contributed by atoms with Crippen LogP contribution in [-0.4, -0.2) is 11.0 Å². The number of amides is 2. The molecule has 2 amide bonds. The Kier molecular flexibility index (Phi) is 4.53. The van der Waals surface area contributed by atoms with Gasteiger partial charge in [-0.15, -0.1) is 0 Å². The van der Waals surface area contributed by atoms with Crippen molar-refractivity contribution >= 4 is 23.3 Å². The van der Waals surface area contributed by atoms with E-state index in [1.807, 2.05) is 24.3 Å². The molecule has 0 spiro atoms. The Bertz CT molecular complexity index is 652. The largest absolute Gasteiger partial charge is 0.332 e. The molecule has 0 bridgehead atoms. The van der Waals surface area contributed by atoms with Crippen LogP contribution in [0.3, 0.4) is 0 Å². The Morgan fingerprint density at radius 3 is 2.85 bits per heavy atom. The highest BCUT2D eigenvalue weighted by molar-refractivity contribution is 6.32. The van der Waals surface area contributed by atoms with E-state index >= 15 is 0 Å². The van der Waals surface area contributed by atoms with Gasteiger partial charge in [0.15, 0.2) is 0 Å². The third-order valence-electron chi connectivity index (χ3n) is 2.50. The van der Waals surface area contributed by atoms with Gasteiger partial charge in [0.05, 0.1) is 22.8 Å². The minimum Gasteiger partial charge on any atom is -0.332 e. The van der Waals surface area contributed by atoms with Gasteiger partial charge in [0, 0.05) is 11.9 Å². The van der Waals surface area contributed by atoms with E-state index in [4.69, 9.17) is 16.9 Å². The fourth-order valence-corrected chi connectivity index (χ4v) is 1.76. The Hall–Kier alpha value is -2.58. The van der Waals surface area contributed by atoms with E-state index in [0.29, 0.717) is 22.8 Å². The molecule has 0 radical (unpaired) electrons. The summed E-state index contributed by atoms with van der Waals surface area (Å²) in [6, 6.07) is 11.8. The fraction of sp³-hybridized carbons (Fsp3) is 0.0714. The van der Waals surface area contributed by atoms with Crippen LogP contribution < -0.4 is 10.6 Å². The summed E-state index contributed by atoms with van der Waals surface area (Å²) in [5.41, 5.74) is 1.65. The number of aromatic nitrogens is 1. The molecule has 6 heteroatoms. The van der Waals surface area contributed by atoms with Crippen molar-refractivity contribution in [1.29, 1.82) is 5.26 Å². The number of anilines is 1. The van der Waals surface area contributed by atoms with Crippen LogP contribution in [0.25, 0.3) is 0 Å². The van der Waals surface area contributed by atoms with Crippen LogP contribution in [0.1, 0.15) is 11.3 Å². The minimum absolute atomic E-state index is 0.301. The van der Waals surface area contributed by atoms with Crippen LogP contribution in [-0.2, 0) is 6.54 Å². The fourth-order valence-electron chi connectivity index (χ4n) is 1.53. The predicted molar refractivity (Wildman–Crippen MR) is 76.3 cm³/mol. The normalized spacial score (nSPS) is 9.60. The molecule has 100 valence electrons. The zero-order chi connectivity index (χ0) is 14.4. The van der Waals surface area contributed by atoms with Crippen LogP contribution in [0.2, 0.25) is 5.02 Å². The molecule has 20 heavy (non-hydrogen) atoms. The van der Waals surface area contributed by atoms with Gasteiger partial charge in [0.25, 0.3) is 0 Å². The molecule has 0 saturated carbocycles. The number of nitriles is 1. The lowest BCUT2D eigenvalue weighted by Gasteiger charge is -2.08. The maximum atomic E-state index is 11.7. The number of rotatable bonds is 3. The van der Waals surface area contributed by atoms with Crippen molar-refractivity contribution in [3.63, 3.8) is 0 Å². The topological polar surface area (TPSA) is 77.8 Å². The third-order valence-corrected chi connectivity index (χ3v) is 2.82. The van der Waals surface area contributed by atoms with E-state index in [1.165, 1.54) is 6.07 Å². The molecule has 1 aromatic heterocycles. The van der Waals surface area contributed by atoms with Crippen LogP contribution in [0, 0.1) is 11.3 Å². The van der Waals surface area contributed by atoms with Gasteiger partial charge in [0.2, 0.25) is 0 Å². The average Bonchev–Trinajstić information content (AvgIpc) is 2.46. The third kappa shape index (κ3) is 3.70. The molecule has 2 rings (SSSR count). The number of benzene rings is 1. The molecule has 0 aliphatic carbocycles. The summed E-state index contributed by atoms with van der Waals surface area (Å²) in [6.07, 6.45) is 1.66. The number of nitrogens with zero attached hydrogens (tertiary/aromatic N) is 2. The number of halogens is 1. The number of carbonyl (C=O) groups excluding carboxylic acids is 1. The molecule has 1 aromatic carbocycles. The van der Waals surface area contributed by atoms with Crippen molar-refractivity contribution in [1.82, 2.24) is 10.3 Å². The summed E-state index contributed by atoms with van der Waals surface area (Å²) < 4.78 is 0. The van der Waals surface area contributed by atoms with E-state index in [9.17, 15) is 4.79 Å². The standard InChI is InChI=1S/C14H11ClN4O/c15-13-7-11(5-4-10(13)8-16)19-14(20)18-9-12-3-1-2-6-17-12/h1-7H,9H2,(H2,18,19,20). The summed E-state index contributed by atoms with van der Waals surface area (Å²) in [4.78, 5) is 15.8. The second-order valence-electron chi connectivity index (χ2n) is 3.94. The van der Waals surface area contributed by atoms with E-state index in [1.54, 1.807) is 18.3 Å². The van der Waals surface area contributed by atoms with Gasteiger partial charge < -0.3 is 10.6 Å². The average molecular weight is 287 g/mol. The molecule has 0 saturated heterocycles. The van der Waals surface area contributed by atoms with Crippen LogP contribution in [0.15, 0.2) is 42.6 Å². The molecule has 1 heterocycles. The number of pyridine rings is 1. The first-order chi connectivity index (χ1) is 9.69. The van der Waals surface area contributed by atoms with Gasteiger partial charge >= 0.3 is 6.03 Å². The zero-order valence-corrected chi connectivity index (χ0v) is 11.2. The first-order valence-electron chi connectivity index (χ1n) is 5.83. The van der Waals surface area contributed by atoms with Crippen LogP contribution in [0.4, 0.5) is 10.5 Å². The quantitative estimate of drug-likeness (QED) is 0.910. The van der Waals surface area contributed by atoms with Gasteiger partial charge in [-0.3, -0.25) is 4.98 Å². The molecular weight excluding hydrogens is 276 g/mol. The van der Waals surface area contributed by atoms with E-state index in [2.05, 4.69) is 15.6 Å². The van der Waals surface area contributed by atoms with Crippen LogP contribution >= 0.6 is 11.6 Å². The smallest absolute Gasteiger partial charge is 0.319 e. The van der Waals surface area contributed by atoms with E-state index in [0.717, 1.165) is 5.69 Å². The maximum absolute atomic E-state index is 11.7. The van der Waals surface area contributed by atoms with Crippen molar-refractivity contribution in [2.24, 2.45) is 0 Å². The summed E-state index contributed by atoms with van der Waals surface area (Å²) in [5.74, 6) is 0. The highest BCUT2D eigenvalue weighted by Crippen LogP contribution is 2.19. The van der Waals surface area contributed by atoms with Gasteiger partial charge in [-0.2, -0.15) is 5.26 Å². The molecule has 2 N–H and O–H groups in total. The predicted octanol–water partition coefficient (Wildman–Crippen LogP) is 2.93.